The first-order valence-electron chi connectivity index (χ1n) is 9.15. The van der Waals surface area contributed by atoms with Crippen molar-refractivity contribution in [1.29, 1.82) is 0 Å². The Morgan fingerprint density at radius 1 is 1.23 bits per heavy atom. The zero-order valence-corrected chi connectivity index (χ0v) is 14.7. The molecule has 0 unspecified atom stereocenters. The highest BCUT2D eigenvalue weighted by Gasteiger charge is 2.34. The minimum absolute atomic E-state index is 0.0294. The topological polar surface area (TPSA) is 43.8 Å². The average Bonchev–Trinajstić information content (AvgIpc) is 3.40. The number of benzene rings is 1. The van der Waals surface area contributed by atoms with E-state index in [0.29, 0.717) is 25.1 Å². The van der Waals surface area contributed by atoms with Crippen molar-refractivity contribution < 1.29 is 23.1 Å². The number of carbonyl (C=O) groups excluding carboxylic acids is 1. The van der Waals surface area contributed by atoms with E-state index in [4.69, 9.17) is 0 Å². The van der Waals surface area contributed by atoms with Crippen LogP contribution >= 0.6 is 0 Å². The molecule has 1 aromatic rings. The SMILES string of the molecule is O=C(Cc1cccc(C(F)(F)F)c1)N1CCN(CC2CC2)[C@@H](CCO)C1. The molecular formula is C19H25F3N2O2. The van der Waals surface area contributed by atoms with Crippen molar-refractivity contribution in [3.8, 4) is 0 Å². The van der Waals surface area contributed by atoms with Crippen LogP contribution in [-0.2, 0) is 17.4 Å². The number of hydrogen-bond acceptors (Lipinski definition) is 3. The van der Waals surface area contributed by atoms with Crippen molar-refractivity contribution in [3.63, 3.8) is 0 Å². The molecule has 0 spiro atoms. The summed E-state index contributed by atoms with van der Waals surface area (Å²) in [6, 6.07) is 5.09. The first-order chi connectivity index (χ1) is 12.4. The van der Waals surface area contributed by atoms with Gasteiger partial charge in [0.2, 0.25) is 5.91 Å². The van der Waals surface area contributed by atoms with Crippen molar-refractivity contribution in [2.45, 2.75) is 37.9 Å². The van der Waals surface area contributed by atoms with Gasteiger partial charge in [-0.15, -0.1) is 0 Å². The molecule has 7 heteroatoms. The first kappa shape index (κ1) is 19.2. The minimum atomic E-state index is -4.40. The van der Waals surface area contributed by atoms with E-state index in [1.54, 1.807) is 11.0 Å². The molecule has 3 rings (SSSR count). The number of piperazine rings is 1. The van der Waals surface area contributed by atoms with Crippen LogP contribution in [0.4, 0.5) is 13.2 Å². The summed E-state index contributed by atoms with van der Waals surface area (Å²) >= 11 is 0. The lowest BCUT2D eigenvalue weighted by Gasteiger charge is -2.41. The summed E-state index contributed by atoms with van der Waals surface area (Å²) < 4.78 is 38.5. The van der Waals surface area contributed by atoms with E-state index >= 15 is 0 Å². The maximum Gasteiger partial charge on any atom is 0.416 e. The number of nitrogens with zero attached hydrogens (tertiary/aromatic N) is 2. The van der Waals surface area contributed by atoms with Crippen molar-refractivity contribution >= 4 is 5.91 Å². The third kappa shape index (κ3) is 4.98. The standard InChI is InChI=1S/C19H25F3N2O2/c20-19(21,22)16-3-1-2-15(10-16)11-18(26)24-8-7-23(12-14-4-5-14)17(13-24)6-9-25/h1-3,10,14,17,25H,4-9,11-13H2/t17-/m0/s1. The second-order valence-corrected chi connectivity index (χ2v) is 7.32. The number of hydrogen-bond donors (Lipinski definition) is 1. The lowest BCUT2D eigenvalue weighted by Crippen LogP contribution is -2.55. The Balaban J connectivity index is 1.61. The Hall–Kier alpha value is -1.60. The van der Waals surface area contributed by atoms with Crippen LogP contribution in [0.25, 0.3) is 0 Å². The van der Waals surface area contributed by atoms with Gasteiger partial charge in [0.05, 0.1) is 12.0 Å². The van der Waals surface area contributed by atoms with Crippen LogP contribution in [0.15, 0.2) is 24.3 Å². The summed E-state index contributed by atoms with van der Waals surface area (Å²) in [6.07, 6.45) is -1.32. The Kier molecular flexibility index (Phi) is 5.87. The summed E-state index contributed by atoms with van der Waals surface area (Å²) in [4.78, 5) is 16.7. The molecule has 2 aliphatic rings. The Labute approximate surface area is 151 Å². The summed E-state index contributed by atoms with van der Waals surface area (Å²) in [7, 11) is 0. The highest BCUT2D eigenvalue weighted by molar-refractivity contribution is 5.79. The average molecular weight is 370 g/mol. The molecule has 1 saturated heterocycles. The zero-order valence-electron chi connectivity index (χ0n) is 14.7. The van der Waals surface area contributed by atoms with E-state index in [1.165, 1.54) is 18.9 Å². The van der Waals surface area contributed by atoms with Gasteiger partial charge in [0, 0.05) is 38.8 Å². The van der Waals surface area contributed by atoms with E-state index in [2.05, 4.69) is 4.90 Å². The second-order valence-electron chi connectivity index (χ2n) is 7.32. The molecule has 1 aliphatic carbocycles. The molecule has 1 N–H and O–H groups in total. The number of rotatable bonds is 6. The van der Waals surface area contributed by atoms with Gasteiger partial charge >= 0.3 is 6.18 Å². The van der Waals surface area contributed by atoms with Gasteiger partial charge in [-0.25, -0.2) is 0 Å². The van der Waals surface area contributed by atoms with Gasteiger partial charge in [0.25, 0.3) is 0 Å². The van der Waals surface area contributed by atoms with Gasteiger partial charge in [-0.1, -0.05) is 18.2 Å². The molecule has 0 radical (unpaired) electrons. The van der Waals surface area contributed by atoms with E-state index in [1.807, 2.05) is 0 Å². The second kappa shape index (κ2) is 7.96. The van der Waals surface area contributed by atoms with Gasteiger partial charge in [-0.2, -0.15) is 13.2 Å². The van der Waals surface area contributed by atoms with Crippen molar-refractivity contribution in [3.05, 3.63) is 35.4 Å². The maximum atomic E-state index is 12.8. The number of halogens is 3. The maximum absolute atomic E-state index is 12.8. The highest BCUT2D eigenvalue weighted by Crippen LogP contribution is 2.32. The zero-order chi connectivity index (χ0) is 18.7. The van der Waals surface area contributed by atoms with Crippen LogP contribution in [0.1, 0.15) is 30.4 Å². The number of alkyl halides is 3. The Bertz CT molecular complexity index is 631. The molecule has 144 valence electrons. The van der Waals surface area contributed by atoms with Crippen LogP contribution < -0.4 is 0 Å². The quantitative estimate of drug-likeness (QED) is 0.837. The third-order valence-corrected chi connectivity index (χ3v) is 5.22. The minimum Gasteiger partial charge on any atom is -0.396 e. The van der Waals surface area contributed by atoms with Crippen molar-refractivity contribution in [2.75, 3.05) is 32.8 Å². The number of carbonyl (C=O) groups is 1. The lowest BCUT2D eigenvalue weighted by atomic mass is 10.0. The fourth-order valence-electron chi connectivity index (χ4n) is 3.56. The molecule has 2 fully saturated rings. The molecule has 0 aromatic heterocycles. The third-order valence-electron chi connectivity index (χ3n) is 5.22. The lowest BCUT2D eigenvalue weighted by molar-refractivity contribution is -0.138. The molecule has 26 heavy (non-hydrogen) atoms. The Morgan fingerprint density at radius 2 is 2.00 bits per heavy atom. The largest absolute Gasteiger partial charge is 0.416 e. The molecule has 1 saturated carbocycles. The van der Waals surface area contributed by atoms with E-state index in [0.717, 1.165) is 31.1 Å². The van der Waals surface area contributed by atoms with Gasteiger partial charge < -0.3 is 10.0 Å². The smallest absolute Gasteiger partial charge is 0.396 e. The fourth-order valence-corrected chi connectivity index (χ4v) is 3.56. The van der Waals surface area contributed by atoms with Crippen LogP contribution in [0, 0.1) is 5.92 Å². The van der Waals surface area contributed by atoms with Crippen molar-refractivity contribution in [2.24, 2.45) is 5.92 Å². The first-order valence-corrected chi connectivity index (χ1v) is 9.15. The van der Waals surface area contributed by atoms with Gasteiger partial charge in [0.1, 0.15) is 0 Å². The van der Waals surface area contributed by atoms with Crippen LogP contribution in [-0.4, -0.2) is 59.6 Å². The molecule has 1 heterocycles. The summed E-state index contributed by atoms with van der Waals surface area (Å²) in [6.45, 7) is 2.97. The fraction of sp³-hybridized carbons (Fsp3) is 0.632. The predicted molar refractivity (Wildman–Crippen MR) is 91.5 cm³/mol. The van der Waals surface area contributed by atoms with E-state index in [-0.39, 0.29) is 25.0 Å². The molecule has 1 aliphatic heterocycles. The summed E-state index contributed by atoms with van der Waals surface area (Å²) in [5.41, 5.74) is -0.348. The number of aliphatic hydroxyl groups is 1. The van der Waals surface area contributed by atoms with E-state index in [9.17, 15) is 23.1 Å². The van der Waals surface area contributed by atoms with E-state index < -0.39 is 11.7 Å². The van der Waals surface area contributed by atoms with Crippen LogP contribution in [0.2, 0.25) is 0 Å². The number of aliphatic hydroxyl groups excluding tert-OH is 1. The van der Waals surface area contributed by atoms with Crippen molar-refractivity contribution in [1.82, 2.24) is 9.80 Å². The molecule has 1 amide bonds. The molecule has 1 aromatic carbocycles. The van der Waals surface area contributed by atoms with Crippen LogP contribution in [0.3, 0.4) is 0 Å². The summed E-state index contributed by atoms with van der Waals surface area (Å²) in [5, 5.41) is 9.32. The van der Waals surface area contributed by atoms with Gasteiger partial charge in [-0.05, 0) is 36.8 Å². The monoisotopic (exact) mass is 370 g/mol. The number of amides is 1. The Morgan fingerprint density at radius 3 is 2.65 bits per heavy atom. The summed E-state index contributed by atoms with van der Waals surface area (Å²) in [5.74, 6) is 0.585. The molecule has 4 nitrogen and oxygen atoms in total. The van der Waals surface area contributed by atoms with Crippen LogP contribution in [0.5, 0.6) is 0 Å². The predicted octanol–water partition coefficient (Wildman–Crippen LogP) is 2.55. The van der Waals surface area contributed by atoms with Gasteiger partial charge in [-0.3, -0.25) is 9.69 Å². The van der Waals surface area contributed by atoms with Gasteiger partial charge in [0.15, 0.2) is 0 Å². The normalized spacial score (nSPS) is 21.8. The molecule has 1 atom stereocenters. The molecule has 0 bridgehead atoms. The highest BCUT2D eigenvalue weighted by atomic mass is 19.4. The molecular weight excluding hydrogens is 345 g/mol.